The van der Waals surface area contributed by atoms with Gasteiger partial charge in [0.1, 0.15) is 11.2 Å². The third-order valence-electron chi connectivity index (χ3n) is 13.0. The van der Waals surface area contributed by atoms with Gasteiger partial charge in [-0.25, -0.2) is 0 Å². The molecule has 2 nitrogen and oxygen atoms in total. The molecule has 0 fully saturated rings. The highest BCUT2D eigenvalue weighted by Gasteiger charge is 2.51. The molecule has 0 aliphatic heterocycles. The number of rotatable bonds is 4. The van der Waals surface area contributed by atoms with Crippen LogP contribution in [0.2, 0.25) is 0 Å². The van der Waals surface area contributed by atoms with Crippen LogP contribution in [0, 0.1) is 0 Å². The fourth-order valence-corrected chi connectivity index (χ4v) is 10.7. The molecule has 1 aromatic heterocycles. The number of benzene rings is 10. The molecule has 274 valence electrons. The van der Waals surface area contributed by atoms with E-state index in [-0.39, 0.29) is 0 Å². The normalized spacial score (nSPS) is 13.2. The summed E-state index contributed by atoms with van der Waals surface area (Å²) in [6.07, 6.45) is 0. The molecule has 0 saturated carbocycles. The zero-order chi connectivity index (χ0) is 38.7. The van der Waals surface area contributed by atoms with Gasteiger partial charge in [0.2, 0.25) is 0 Å². The Balaban J connectivity index is 1.05. The minimum Gasteiger partial charge on any atom is -0.455 e. The Kier molecular flexibility index (Phi) is 6.68. The fourth-order valence-electron chi connectivity index (χ4n) is 10.7. The van der Waals surface area contributed by atoms with E-state index in [1.165, 1.54) is 71.6 Å². The van der Waals surface area contributed by atoms with Crippen molar-refractivity contribution in [2.45, 2.75) is 5.41 Å². The first-order valence-electron chi connectivity index (χ1n) is 20.4. The first-order chi connectivity index (χ1) is 29.3. The van der Waals surface area contributed by atoms with Crippen LogP contribution in [0.25, 0.3) is 76.9 Å². The maximum Gasteiger partial charge on any atom is 0.143 e. The van der Waals surface area contributed by atoms with Gasteiger partial charge in [-0.3, -0.25) is 0 Å². The summed E-state index contributed by atoms with van der Waals surface area (Å²) in [7, 11) is 0. The summed E-state index contributed by atoms with van der Waals surface area (Å²) in [4.78, 5) is 2.39. The number of fused-ring (bicyclic) bond motifs is 15. The Morgan fingerprint density at radius 1 is 0.322 bits per heavy atom. The Labute approximate surface area is 341 Å². The molecule has 0 N–H and O–H groups in total. The highest BCUT2D eigenvalue weighted by atomic mass is 16.3. The molecule has 59 heavy (non-hydrogen) atoms. The molecule has 13 rings (SSSR count). The SMILES string of the molecule is c1ccc(N(c2ccc3c(c2)C2(c4ccccc4-c4ccccc42)c2ccccc2-3)c2ccc3c(c2)oc2c(-c4cccc5ccccc45)c4ccccc4cc23)cc1. The van der Waals surface area contributed by atoms with E-state index in [4.69, 9.17) is 4.42 Å². The van der Waals surface area contributed by atoms with Crippen LogP contribution in [-0.2, 0) is 5.41 Å². The van der Waals surface area contributed by atoms with Gasteiger partial charge in [0.05, 0.1) is 5.41 Å². The van der Waals surface area contributed by atoms with Gasteiger partial charge in [0.15, 0.2) is 0 Å². The molecule has 11 aromatic rings. The molecule has 2 aliphatic carbocycles. The molecule has 0 amide bonds. The van der Waals surface area contributed by atoms with Crippen molar-refractivity contribution >= 4 is 60.5 Å². The summed E-state index contributed by atoms with van der Waals surface area (Å²) in [5.41, 5.74) is 17.4. The van der Waals surface area contributed by atoms with Crippen LogP contribution in [-0.4, -0.2) is 0 Å². The highest BCUT2D eigenvalue weighted by Crippen LogP contribution is 2.63. The monoisotopic (exact) mass is 749 g/mol. The van der Waals surface area contributed by atoms with Gasteiger partial charge in [-0.2, -0.15) is 0 Å². The zero-order valence-electron chi connectivity index (χ0n) is 32.1. The number of hydrogen-bond acceptors (Lipinski definition) is 2. The lowest BCUT2D eigenvalue weighted by atomic mass is 9.70. The first kappa shape index (κ1) is 32.4. The summed E-state index contributed by atoms with van der Waals surface area (Å²) >= 11 is 0. The maximum atomic E-state index is 7.10. The Hall–Kier alpha value is -7.68. The third kappa shape index (κ3) is 4.40. The minimum atomic E-state index is -0.430. The average molecular weight is 750 g/mol. The van der Waals surface area contributed by atoms with E-state index in [1.54, 1.807) is 0 Å². The maximum absolute atomic E-state index is 7.10. The molecule has 0 saturated heterocycles. The van der Waals surface area contributed by atoms with Gasteiger partial charge >= 0.3 is 0 Å². The number of anilines is 3. The summed E-state index contributed by atoms with van der Waals surface area (Å²) in [5, 5.41) is 7.04. The molecule has 1 heterocycles. The molecule has 0 atom stereocenters. The van der Waals surface area contributed by atoms with Crippen molar-refractivity contribution in [3.8, 4) is 33.4 Å². The van der Waals surface area contributed by atoms with Crippen molar-refractivity contribution in [3.63, 3.8) is 0 Å². The highest BCUT2D eigenvalue weighted by molar-refractivity contribution is 6.21. The second-order valence-electron chi connectivity index (χ2n) is 15.9. The van der Waals surface area contributed by atoms with Gasteiger partial charge in [-0.1, -0.05) is 164 Å². The first-order valence-corrected chi connectivity index (χ1v) is 20.4. The van der Waals surface area contributed by atoms with Gasteiger partial charge < -0.3 is 9.32 Å². The van der Waals surface area contributed by atoms with Crippen LogP contribution >= 0.6 is 0 Å². The van der Waals surface area contributed by atoms with Crippen molar-refractivity contribution in [2.24, 2.45) is 0 Å². The van der Waals surface area contributed by atoms with Crippen LogP contribution < -0.4 is 4.90 Å². The van der Waals surface area contributed by atoms with Gasteiger partial charge in [-0.05, 0) is 114 Å². The lowest BCUT2D eigenvalue weighted by Crippen LogP contribution is -2.26. The number of para-hydroxylation sites is 1. The van der Waals surface area contributed by atoms with E-state index in [0.717, 1.165) is 44.6 Å². The quantitative estimate of drug-likeness (QED) is 0.178. The van der Waals surface area contributed by atoms with E-state index in [2.05, 4.69) is 217 Å². The van der Waals surface area contributed by atoms with Crippen LogP contribution in [0.1, 0.15) is 22.3 Å². The summed E-state index contributed by atoms with van der Waals surface area (Å²) in [5.74, 6) is 0. The fraction of sp³-hybridized carbons (Fsp3) is 0.0175. The standard InChI is InChI=1S/C57H35NO/c1-2-18-38(19-3-1)58(39-29-31-46-45-24-10-13-28-52(45)57(53(46)34-39)50-26-11-8-22-43(50)44-23-9-12-27-51(44)57)40-30-32-47-49-33-37-16-5-7-21-42(37)55(56(49)59-54(47)35-40)48-25-14-17-36-15-4-6-20-41(36)48/h1-35H. The summed E-state index contributed by atoms with van der Waals surface area (Å²) in [6, 6.07) is 77.8. The summed E-state index contributed by atoms with van der Waals surface area (Å²) in [6.45, 7) is 0. The van der Waals surface area contributed by atoms with Crippen LogP contribution in [0.3, 0.4) is 0 Å². The molecule has 10 aromatic carbocycles. The van der Waals surface area contributed by atoms with Crippen molar-refractivity contribution in [2.75, 3.05) is 4.90 Å². The predicted molar refractivity (Wildman–Crippen MR) is 245 cm³/mol. The molecular weight excluding hydrogens is 715 g/mol. The minimum absolute atomic E-state index is 0.430. The molecule has 2 heteroatoms. The Bertz CT molecular complexity index is 3450. The van der Waals surface area contributed by atoms with Crippen molar-refractivity contribution in [1.29, 1.82) is 0 Å². The Morgan fingerprint density at radius 2 is 0.864 bits per heavy atom. The van der Waals surface area contributed by atoms with Crippen LogP contribution in [0.4, 0.5) is 17.1 Å². The lowest BCUT2D eigenvalue weighted by molar-refractivity contribution is 0.670. The van der Waals surface area contributed by atoms with E-state index in [0.29, 0.717) is 0 Å². The van der Waals surface area contributed by atoms with Crippen molar-refractivity contribution in [1.82, 2.24) is 0 Å². The third-order valence-corrected chi connectivity index (χ3v) is 13.0. The zero-order valence-corrected chi connectivity index (χ0v) is 32.1. The van der Waals surface area contributed by atoms with E-state index in [9.17, 15) is 0 Å². The van der Waals surface area contributed by atoms with E-state index in [1.807, 2.05) is 0 Å². The second-order valence-corrected chi connectivity index (χ2v) is 15.9. The lowest BCUT2D eigenvalue weighted by Gasteiger charge is -2.32. The van der Waals surface area contributed by atoms with Gasteiger partial charge in [0.25, 0.3) is 0 Å². The van der Waals surface area contributed by atoms with Crippen LogP contribution in [0.15, 0.2) is 217 Å². The second kappa shape index (κ2) is 12.2. The number of nitrogens with zero attached hydrogens (tertiary/aromatic N) is 1. The number of hydrogen-bond donors (Lipinski definition) is 0. The smallest absolute Gasteiger partial charge is 0.143 e. The van der Waals surface area contributed by atoms with Crippen molar-refractivity contribution < 1.29 is 4.42 Å². The summed E-state index contributed by atoms with van der Waals surface area (Å²) < 4.78 is 7.10. The molecule has 2 aliphatic rings. The van der Waals surface area contributed by atoms with E-state index < -0.39 is 5.41 Å². The Morgan fingerprint density at radius 3 is 1.59 bits per heavy atom. The predicted octanol–water partition coefficient (Wildman–Crippen LogP) is 15.4. The molecule has 0 radical (unpaired) electrons. The molecule has 0 bridgehead atoms. The average Bonchev–Trinajstić information content (AvgIpc) is 3.92. The number of furan rings is 1. The van der Waals surface area contributed by atoms with Gasteiger partial charge in [-0.15, -0.1) is 0 Å². The molecule has 1 spiro atoms. The van der Waals surface area contributed by atoms with Gasteiger partial charge in [0, 0.05) is 39.5 Å². The largest absolute Gasteiger partial charge is 0.455 e. The molecule has 0 unspecified atom stereocenters. The topological polar surface area (TPSA) is 16.4 Å². The molecular formula is C57H35NO. The van der Waals surface area contributed by atoms with Crippen molar-refractivity contribution in [3.05, 3.63) is 235 Å². The van der Waals surface area contributed by atoms with Crippen LogP contribution in [0.5, 0.6) is 0 Å². The van der Waals surface area contributed by atoms with E-state index >= 15 is 0 Å².